The van der Waals surface area contributed by atoms with Crippen LogP contribution in [0.3, 0.4) is 0 Å². The molecule has 8 heteroatoms. The van der Waals surface area contributed by atoms with Gasteiger partial charge >= 0.3 is 5.69 Å². The van der Waals surface area contributed by atoms with Crippen LogP contribution in [0.15, 0.2) is 53.5 Å². The molecule has 2 heterocycles. The lowest BCUT2D eigenvalue weighted by atomic mass is 10.2. The second-order valence-corrected chi connectivity index (χ2v) is 6.63. The minimum atomic E-state index is -0.303. The highest BCUT2D eigenvalue weighted by Gasteiger charge is 2.31. The Morgan fingerprint density at radius 1 is 1.21 bits per heavy atom. The van der Waals surface area contributed by atoms with E-state index in [1.54, 1.807) is 22.9 Å². The predicted octanol–water partition coefficient (Wildman–Crippen LogP) is 1.74. The number of ether oxygens (including phenoxy) is 1. The Kier molecular flexibility index (Phi) is 4.92. The highest BCUT2D eigenvalue weighted by atomic mass is 16.5. The average Bonchev–Trinajstić information content (AvgIpc) is 3.53. The highest BCUT2D eigenvalue weighted by Crippen LogP contribution is 2.39. The summed E-state index contributed by atoms with van der Waals surface area (Å²) in [6.07, 6.45) is 3.65. The molecule has 0 bridgehead atoms. The van der Waals surface area contributed by atoms with Crippen LogP contribution < -0.4 is 15.7 Å². The van der Waals surface area contributed by atoms with Crippen molar-refractivity contribution in [1.82, 2.24) is 24.6 Å². The Morgan fingerprint density at radius 2 is 2.00 bits per heavy atom. The van der Waals surface area contributed by atoms with Gasteiger partial charge in [0.2, 0.25) is 5.88 Å². The fourth-order valence-corrected chi connectivity index (χ4v) is 3.09. The van der Waals surface area contributed by atoms with E-state index in [-0.39, 0.29) is 30.6 Å². The molecule has 0 atom stereocenters. The molecule has 4 rings (SSSR count). The smallest absolute Gasteiger partial charge is 0.350 e. The van der Waals surface area contributed by atoms with Crippen molar-refractivity contribution in [2.45, 2.75) is 25.3 Å². The number of hydrogen-bond donors (Lipinski definition) is 1. The lowest BCUT2D eigenvalue weighted by Gasteiger charge is -2.07. The number of methoxy groups -OCH3 is 1. The van der Waals surface area contributed by atoms with Crippen LogP contribution in [-0.2, 0) is 6.54 Å². The summed E-state index contributed by atoms with van der Waals surface area (Å²) in [4.78, 5) is 29.3. The number of para-hydroxylation sites is 1. The van der Waals surface area contributed by atoms with E-state index in [2.05, 4.69) is 15.4 Å². The number of aromatic nitrogens is 4. The molecule has 1 aromatic carbocycles. The third-order valence-electron chi connectivity index (χ3n) is 4.64. The van der Waals surface area contributed by atoms with Gasteiger partial charge in [-0.15, -0.1) is 0 Å². The topological polar surface area (TPSA) is 91.0 Å². The van der Waals surface area contributed by atoms with Crippen LogP contribution in [0.1, 0.15) is 34.9 Å². The van der Waals surface area contributed by atoms with E-state index in [0.29, 0.717) is 11.5 Å². The fraction of sp³-hybridized carbons (Fsp3) is 0.300. The van der Waals surface area contributed by atoms with Gasteiger partial charge in [-0.05, 0) is 37.1 Å². The van der Waals surface area contributed by atoms with E-state index in [4.69, 9.17) is 4.74 Å². The number of nitrogens with one attached hydrogen (secondary N) is 1. The Balaban J connectivity index is 1.50. The van der Waals surface area contributed by atoms with E-state index in [1.807, 2.05) is 30.3 Å². The summed E-state index contributed by atoms with van der Waals surface area (Å²) in [5.74, 6) is 1.07. The Labute approximate surface area is 161 Å². The maximum absolute atomic E-state index is 12.9. The number of pyridine rings is 1. The molecule has 0 saturated heterocycles. The number of rotatable bonds is 7. The summed E-state index contributed by atoms with van der Waals surface area (Å²) in [6, 6.07) is 12.8. The van der Waals surface area contributed by atoms with Crippen LogP contribution in [0.2, 0.25) is 0 Å². The van der Waals surface area contributed by atoms with E-state index in [1.165, 1.54) is 11.8 Å². The molecule has 144 valence electrons. The van der Waals surface area contributed by atoms with Crippen molar-refractivity contribution in [2.24, 2.45) is 0 Å². The maximum Gasteiger partial charge on any atom is 0.350 e. The molecule has 0 aliphatic heterocycles. The molecule has 28 heavy (non-hydrogen) atoms. The first-order valence-corrected chi connectivity index (χ1v) is 9.21. The summed E-state index contributed by atoms with van der Waals surface area (Å²) < 4.78 is 8.20. The highest BCUT2D eigenvalue weighted by molar-refractivity contribution is 5.96. The largest absolute Gasteiger partial charge is 0.480 e. The minimum Gasteiger partial charge on any atom is -0.480 e. The third-order valence-corrected chi connectivity index (χ3v) is 4.64. The average molecular weight is 379 g/mol. The molecular formula is C20H21N5O3. The fourth-order valence-electron chi connectivity index (χ4n) is 3.09. The zero-order chi connectivity index (χ0) is 19.5. The summed E-state index contributed by atoms with van der Waals surface area (Å²) >= 11 is 0. The van der Waals surface area contributed by atoms with Crippen molar-refractivity contribution < 1.29 is 9.53 Å². The molecule has 1 aliphatic rings. The first-order chi connectivity index (χ1) is 13.7. The van der Waals surface area contributed by atoms with Gasteiger partial charge in [-0.25, -0.2) is 19.0 Å². The van der Waals surface area contributed by atoms with Crippen molar-refractivity contribution in [3.63, 3.8) is 0 Å². The molecule has 1 aliphatic carbocycles. The molecule has 8 nitrogen and oxygen atoms in total. The summed E-state index contributed by atoms with van der Waals surface area (Å²) in [7, 11) is 1.47. The van der Waals surface area contributed by atoms with Crippen LogP contribution in [0.4, 0.5) is 0 Å². The molecule has 1 N–H and O–H groups in total. The minimum absolute atomic E-state index is 0.193. The van der Waals surface area contributed by atoms with Gasteiger partial charge < -0.3 is 10.1 Å². The standard InChI is InChI=1S/C20H21N5O3/c1-28-19-16(8-5-11-22-19)18(26)21-12-13-24-20(27)25(15-6-3-2-4-7-15)17(23-24)14-9-10-14/h2-8,11,14H,9-10,12-13H2,1H3,(H,21,26). The van der Waals surface area contributed by atoms with Crippen molar-refractivity contribution in [3.8, 4) is 11.6 Å². The lowest BCUT2D eigenvalue weighted by Crippen LogP contribution is -2.32. The van der Waals surface area contributed by atoms with Gasteiger partial charge in [0, 0.05) is 18.7 Å². The van der Waals surface area contributed by atoms with Crippen LogP contribution in [0.25, 0.3) is 5.69 Å². The van der Waals surface area contributed by atoms with Crippen molar-refractivity contribution >= 4 is 5.91 Å². The number of carbonyl (C=O) groups is 1. The molecule has 0 unspecified atom stereocenters. The molecule has 1 saturated carbocycles. The molecule has 0 spiro atoms. The van der Waals surface area contributed by atoms with Gasteiger partial charge in [-0.2, -0.15) is 5.10 Å². The van der Waals surface area contributed by atoms with Gasteiger partial charge in [0.15, 0.2) is 0 Å². The maximum atomic E-state index is 12.9. The molecule has 1 amide bonds. The van der Waals surface area contributed by atoms with Gasteiger partial charge in [0.05, 0.1) is 19.3 Å². The number of benzene rings is 1. The zero-order valence-electron chi connectivity index (χ0n) is 15.5. The summed E-state index contributed by atoms with van der Waals surface area (Å²) in [5.41, 5.74) is 0.969. The van der Waals surface area contributed by atoms with Gasteiger partial charge in [0.25, 0.3) is 5.91 Å². The van der Waals surface area contributed by atoms with Crippen molar-refractivity contribution in [1.29, 1.82) is 0 Å². The number of amides is 1. The Morgan fingerprint density at radius 3 is 2.71 bits per heavy atom. The van der Waals surface area contributed by atoms with Crippen LogP contribution in [0, 0.1) is 0 Å². The molecule has 1 fully saturated rings. The molecular weight excluding hydrogens is 358 g/mol. The third kappa shape index (κ3) is 3.53. The van der Waals surface area contributed by atoms with Crippen molar-refractivity contribution in [2.75, 3.05) is 13.7 Å². The second kappa shape index (κ2) is 7.67. The number of nitrogens with zero attached hydrogens (tertiary/aromatic N) is 4. The van der Waals surface area contributed by atoms with Crippen LogP contribution >= 0.6 is 0 Å². The quantitative estimate of drug-likeness (QED) is 0.675. The normalized spacial score (nSPS) is 13.3. The number of carbonyl (C=O) groups excluding carboxylic acids is 1. The zero-order valence-corrected chi connectivity index (χ0v) is 15.5. The van der Waals surface area contributed by atoms with E-state index < -0.39 is 0 Å². The van der Waals surface area contributed by atoms with E-state index in [0.717, 1.165) is 24.4 Å². The Bertz CT molecular complexity index is 1040. The van der Waals surface area contributed by atoms with Gasteiger partial charge in [-0.3, -0.25) is 4.79 Å². The monoisotopic (exact) mass is 379 g/mol. The van der Waals surface area contributed by atoms with Crippen LogP contribution in [0.5, 0.6) is 5.88 Å². The van der Waals surface area contributed by atoms with Crippen LogP contribution in [-0.4, -0.2) is 38.9 Å². The summed E-state index contributed by atoms with van der Waals surface area (Å²) in [5, 5.41) is 7.33. The van der Waals surface area contributed by atoms with E-state index in [9.17, 15) is 9.59 Å². The first-order valence-electron chi connectivity index (χ1n) is 9.21. The molecule has 3 aromatic rings. The number of hydrogen-bond acceptors (Lipinski definition) is 5. The second-order valence-electron chi connectivity index (χ2n) is 6.63. The van der Waals surface area contributed by atoms with Gasteiger partial charge in [0.1, 0.15) is 11.4 Å². The molecule has 2 aromatic heterocycles. The van der Waals surface area contributed by atoms with Gasteiger partial charge in [-0.1, -0.05) is 18.2 Å². The first kappa shape index (κ1) is 18.0. The predicted molar refractivity (Wildman–Crippen MR) is 103 cm³/mol. The molecule has 0 radical (unpaired) electrons. The summed E-state index contributed by atoms with van der Waals surface area (Å²) in [6.45, 7) is 0.555. The van der Waals surface area contributed by atoms with Crippen molar-refractivity contribution in [3.05, 3.63) is 70.5 Å². The Hall–Kier alpha value is -3.42. The lowest BCUT2D eigenvalue weighted by molar-refractivity contribution is 0.0948. The SMILES string of the molecule is COc1ncccc1C(=O)NCCn1nc(C2CC2)n(-c2ccccc2)c1=O. The van der Waals surface area contributed by atoms with E-state index >= 15 is 0 Å².